The van der Waals surface area contributed by atoms with E-state index in [4.69, 9.17) is 0 Å². The third-order valence-electron chi connectivity index (χ3n) is 3.85. The second-order valence-corrected chi connectivity index (χ2v) is 5.44. The van der Waals surface area contributed by atoms with Crippen LogP contribution < -0.4 is 5.32 Å². The first-order chi connectivity index (χ1) is 10.3. The Hall–Kier alpha value is -2.13. The van der Waals surface area contributed by atoms with Gasteiger partial charge in [0.25, 0.3) is 0 Å². The van der Waals surface area contributed by atoms with Crippen LogP contribution in [0.4, 0.5) is 5.69 Å². The molecule has 0 aromatic heterocycles. The van der Waals surface area contributed by atoms with E-state index in [1.54, 1.807) is 0 Å². The van der Waals surface area contributed by atoms with Crippen LogP contribution in [0, 0.1) is 0 Å². The molecule has 3 rings (SSSR count). The summed E-state index contributed by atoms with van der Waals surface area (Å²) in [6.07, 6.45) is 2.40. The highest BCUT2D eigenvalue weighted by atomic mass is 16.2. The minimum atomic E-state index is 0.0697. The molecule has 21 heavy (non-hydrogen) atoms. The van der Waals surface area contributed by atoms with Crippen molar-refractivity contribution >= 4 is 11.6 Å². The Labute approximate surface area is 125 Å². The van der Waals surface area contributed by atoms with E-state index in [0.29, 0.717) is 6.54 Å². The second kappa shape index (κ2) is 6.55. The molecule has 0 unspecified atom stereocenters. The number of hydrogen-bond acceptors (Lipinski definition) is 2. The summed E-state index contributed by atoms with van der Waals surface area (Å²) in [5, 5.41) is 3.06. The summed E-state index contributed by atoms with van der Waals surface area (Å²) in [4.78, 5) is 14.4. The van der Waals surface area contributed by atoms with Gasteiger partial charge in [-0.1, -0.05) is 48.5 Å². The molecule has 3 heteroatoms. The molecule has 0 atom stereocenters. The molecular formula is C18H20N2O. The zero-order valence-electron chi connectivity index (χ0n) is 12.1. The van der Waals surface area contributed by atoms with Crippen molar-refractivity contribution in [2.75, 3.05) is 25.0 Å². The summed E-state index contributed by atoms with van der Waals surface area (Å²) in [5.41, 5.74) is 3.07. The second-order valence-electron chi connectivity index (χ2n) is 5.44. The van der Waals surface area contributed by atoms with Gasteiger partial charge in [-0.05, 0) is 37.6 Å². The molecule has 1 heterocycles. The van der Waals surface area contributed by atoms with E-state index in [-0.39, 0.29) is 5.91 Å². The molecule has 2 aromatic carbocycles. The number of anilines is 1. The molecule has 1 amide bonds. The van der Waals surface area contributed by atoms with E-state index in [2.05, 4.69) is 22.3 Å². The molecule has 1 N–H and O–H groups in total. The average Bonchev–Trinajstić information content (AvgIpc) is 3.01. The van der Waals surface area contributed by atoms with Crippen LogP contribution in [-0.2, 0) is 4.79 Å². The van der Waals surface area contributed by atoms with E-state index in [1.165, 1.54) is 12.8 Å². The van der Waals surface area contributed by atoms with Crippen LogP contribution in [0.15, 0.2) is 54.6 Å². The summed E-state index contributed by atoms with van der Waals surface area (Å²) >= 11 is 0. The van der Waals surface area contributed by atoms with Gasteiger partial charge in [0.2, 0.25) is 5.91 Å². The number of rotatable bonds is 4. The fourth-order valence-corrected chi connectivity index (χ4v) is 2.80. The van der Waals surface area contributed by atoms with Gasteiger partial charge in [0.05, 0.1) is 6.54 Å². The lowest BCUT2D eigenvalue weighted by Crippen LogP contribution is -2.31. The lowest BCUT2D eigenvalue weighted by Gasteiger charge is -2.16. The molecule has 0 saturated carbocycles. The largest absolute Gasteiger partial charge is 0.324 e. The zero-order valence-corrected chi connectivity index (χ0v) is 12.1. The summed E-state index contributed by atoms with van der Waals surface area (Å²) in [5.74, 6) is 0.0697. The molecule has 0 aliphatic carbocycles. The fourth-order valence-electron chi connectivity index (χ4n) is 2.80. The molecule has 0 radical (unpaired) electrons. The number of benzene rings is 2. The molecule has 1 fully saturated rings. The molecule has 3 nitrogen and oxygen atoms in total. The van der Waals surface area contributed by atoms with Crippen LogP contribution in [0.25, 0.3) is 11.1 Å². The lowest BCUT2D eigenvalue weighted by atomic mass is 10.0. The number of para-hydroxylation sites is 1. The van der Waals surface area contributed by atoms with E-state index in [0.717, 1.165) is 29.9 Å². The Kier molecular flexibility index (Phi) is 4.31. The third kappa shape index (κ3) is 3.50. The molecule has 1 aliphatic rings. The summed E-state index contributed by atoms with van der Waals surface area (Å²) < 4.78 is 0. The number of amides is 1. The first-order valence-corrected chi connectivity index (χ1v) is 7.49. The summed E-state index contributed by atoms with van der Waals surface area (Å²) in [6.45, 7) is 2.56. The predicted octanol–water partition coefficient (Wildman–Crippen LogP) is 3.39. The number of carbonyl (C=O) groups excluding carboxylic acids is 1. The summed E-state index contributed by atoms with van der Waals surface area (Å²) in [6, 6.07) is 18.1. The van der Waals surface area contributed by atoms with Crippen LogP contribution >= 0.6 is 0 Å². The zero-order chi connectivity index (χ0) is 14.5. The van der Waals surface area contributed by atoms with E-state index in [9.17, 15) is 4.79 Å². The number of carbonyl (C=O) groups is 1. The number of hydrogen-bond donors (Lipinski definition) is 1. The van der Waals surface area contributed by atoms with Crippen molar-refractivity contribution in [1.29, 1.82) is 0 Å². The quantitative estimate of drug-likeness (QED) is 0.931. The minimum Gasteiger partial charge on any atom is -0.324 e. The standard InChI is InChI=1S/C18H20N2O/c21-18(14-20-12-6-7-13-20)19-17-11-5-4-10-16(17)15-8-2-1-3-9-15/h1-5,8-11H,6-7,12-14H2,(H,19,21). The highest BCUT2D eigenvalue weighted by molar-refractivity contribution is 5.96. The van der Waals surface area contributed by atoms with Crippen molar-refractivity contribution < 1.29 is 4.79 Å². The van der Waals surface area contributed by atoms with Gasteiger partial charge in [-0.25, -0.2) is 0 Å². The maximum absolute atomic E-state index is 12.2. The summed E-state index contributed by atoms with van der Waals surface area (Å²) in [7, 11) is 0. The van der Waals surface area contributed by atoms with Gasteiger partial charge in [-0.15, -0.1) is 0 Å². The Balaban J connectivity index is 1.74. The van der Waals surface area contributed by atoms with E-state index >= 15 is 0 Å². The number of likely N-dealkylation sites (tertiary alicyclic amines) is 1. The Bertz CT molecular complexity index is 604. The minimum absolute atomic E-state index is 0.0697. The van der Waals surface area contributed by atoms with Crippen molar-refractivity contribution in [1.82, 2.24) is 4.90 Å². The van der Waals surface area contributed by atoms with Crippen LogP contribution in [0.1, 0.15) is 12.8 Å². The van der Waals surface area contributed by atoms with Crippen molar-refractivity contribution in [2.24, 2.45) is 0 Å². The molecule has 1 saturated heterocycles. The molecule has 0 bridgehead atoms. The highest BCUT2D eigenvalue weighted by Gasteiger charge is 2.16. The monoisotopic (exact) mass is 280 g/mol. The molecule has 2 aromatic rings. The first kappa shape index (κ1) is 13.8. The maximum atomic E-state index is 12.2. The highest BCUT2D eigenvalue weighted by Crippen LogP contribution is 2.27. The topological polar surface area (TPSA) is 32.3 Å². The van der Waals surface area contributed by atoms with Gasteiger partial charge in [-0.2, -0.15) is 0 Å². The van der Waals surface area contributed by atoms with Gasteiger partial charge in [0.1, 0.15) is 0 Å². The normalized spacial score (nSPS) is 15.0. The van der Waals surface area contributed by atoms with Crippen LogP contribution in [0.3, 0.4) is 0 Å². The number of nitrogens with zero attached hydrogens (tertiary/aromatic N) is 1. The predicted molar refractivity (Wildman–Crippen MR) is 86.2 cm³/mol. The van der Waals surface area contributed by atoms with Crippen LogP contribution in [-0.4, -0.2) is 30.4 Å². The van der Waals surface area contributed by atoms with E-state index < -0.39 is 0 Å². The lowest BCUT2D eigenvalue weighted by molar-refractivity contribution is -0.117. The smallest absolute Gasteiger partial charge is 0.238 e. The SMILES string of the molecule is O=C(CN1CCCC1)Nc1ccccc1-c1ccccc1. The number of nitrogens with one attached hydrogen (secondary N) is 1. The Morgan fingerprint density at radius 3 is 2.38 bits per heavy atom. The van der Waals surface area contributed by atoms with Crippen molar-refractivity contribution in [2.45, 2.75) is 12.8 Å². The van der Waals surface area contributed by atoms with Gasteiger partial charge < -0.3 is 5.32 Å². The molecular weight excluding hydrogens is 260 g/mol. The van der Waals surface area contributed by atoms with Crippen LogP contribution in [0.2, 0.25) is 0 Å². The Morgan fingerprint density at radius 1 is 0.952 bits per heavy atom. The Morgan fingerprint density at radius 2 is 1.62 bits per heavy atom. The maximum Gasteiger partial charge on any atom is 0.238 e. The van der Waals surface area contributed by atoms with Gasteiger partial charge in [-0.3, -0.25) is 9.69 Å². The van der Waals surface area contributed by atoms with Crippen molar-refractivity contribution in [3.63, 3.8) is 0 Å². The molecule has 108 valence electrons. The van der Waals surface area contributed by atoms with E-state index in [1.807, 2.05) is 42.5 Å². The van der Waals surface area contributed by atoms with Gasteiger partial charge in [0, 0.05) is 11.3 Å². The molecule has 0 spiro atoms. The van der Waals surface area contributed by atoms with Gasteiger partial charge in [0.15, 0.2) is 0 Å². The third-order valence-corrected chi connectivity index (χ3v) is 3.85. The fraction of sp³-hybridized carbons (Fsp3) is 0.278. The first-order valence-electron chi connectivity index (χ1n) is 7.49. The van der Waals surface area contributed by atoms with Crippen LogP contribution in [0.5, 0.6) is 0 Å². The van der Waals surface area contributed by atoms with Crippen molar-refractivity contribution in [3.8, 4) is 11.1 Å². The van der Waals surface area contributed by atoms with Gasteiger partial charge >= 0.3 is 0 Å². The average molecular weight is 280 g/mol. The van der Waals surface area contributed by atoms with Crippen molar-refractivity contribution in [3.05, 3.63) is 54.6 Å². The molecule has 1 aliphatic heterocycles.